The predicted molar refractivity (Wildman–Crippen MR) is 79.4 cm³/mol. The third kappa shape index (κ3) is 2.56. The molecule has 2 N–H and O–H groups in total. The minimum atomic E-state index is -0.894. The average Bonchev–Trinajstić information content (AvgIpc) is 2.70. The minimum Gasteiger partial charge on any atom is -0.478 e. The standard InChI is InChI=1S/C16H21NO3/c1-10(2)14-9-13(16(19)20)8-12-7-11(3)17(15(12)14)5-4-6-18/h7-10,18H,4-6H2,1-3H3,(H,19,20). The number of hydrogen-bond donors (Lipinski definition) is 2. The lowest BCUT2D eigenvalue weighted by molar-refractivity contribution is 0.0697. The van der Waals surface area contributed by atoms with Crippen molar-refractivity contribution in [2.75, 3.05) is 6.61 Å². The van der Waals surface area contributed by atoms with Crippen molar-refractivity contribution < 1.29 is 15.0 Å². The van der Waals surface area contributed by atoms with Gasteiger partial charge in [-0.2, -0.15) is 0 Å². The smallest absolute Gasteiger partial charge is 0.335 e. The molecule has 1 aromatic heterocycles. The van der Waals surface area contributed by atoms with E-state index in [-0.39, 0.29) is 12.5 Å². The van der Waals surface area contributed by atoms with E-state index in [0.717, 1.165) is 28.7 Å². The van der Waals surface area contributed by atoms with E-state index in [2.05, 4.69) is 18.4 Å². The molecule has 0 spiro atoms. The Kier molecular flexibility index (Phi) is 4.14. The first-order chi connectivity index (χ1) is 9.45. The number of fused-ring (bicyclic) bond motifs is 1. The van der Waals surface area contributed by atoms with Crippen molar-refractivity contribution in [2.24, 2.45) is 0 Å². The summed E-state index contributed by atoms with van der Waals surface area (Å²) in [5.74, 6) is -0.645. The van der Waals surface area contributed by atoms with Crippen molar-refractivity contribution in [2.45, 2.75) is 39.7 Å². The van der Waals surface area contributed by atoms with Gasteiger partial charge in [0.15, 0.2) is 0 Å². The summed E-state index contributed by atoms with van der Waals surface area (Å²) in [6.45, 7) is 7.06. The molecule has 0 bridgehead atoms. The van der Waals surface area contributed by atoms with Gasteiger partial charge in [0.05, 0.1) is 11.1 Å². The Labute approximate surface area is 118 Å². The summed E-state index contributed by atoms with van der Waals surface area (Å²) in [5.41, 5.74) is 3.57. The van der Waals surface area contributed by atoms with Crippen LogP contribution in [0.2, 0.25) is 0 Å². The molecule has 0 aliphatic heterocycles. The lowest BCUT2D eigenvalue weighted by Crippen LogP contribution is -2.06. The largest absolute Gasteiger partial charge is 0.478 e. The summed E-state index contributed by atoms with van der Waals surface area (Å²) >= 11 is 0. The van der Waals surface area contributed by atoms with Gasteiger partial charge >= 0.3 is 5.97 Å². The molecule has 0 saturated heterocycles. The molecule has 2 rings (SSSR count). The number of carbonyl (C=O) groups is 1. The van der Waals surface area contributed by atoms with Crippen LogP contribution in [0.5, 0.6) is 0 Å². The molecule has 4 nitrogen and oxygen atoms in total. The molecule has 108 valence electrons. The van der Waals surface area contributed by atoms with Gasteiger partial charge in [0, 0.05) is 24.2 Å². The highest BCUT2D eigenvalue weighted by Gasteiger charge is 2.16. The Morgan fingerprint density at radius 2 is 2.00 bits per heavy atom. The molecule has 1 heterocycles. The second kappa shape index (κ2) is 5.67. The molecule has 0 radical (unpaired) electrons. The van der Waals surface area contributed by atoms with Gasteiger partial charge in [0.1, 0.15) is 0 Å². The summed E-state index contributed by atoms with van der Waals surface area (Å²) in [5, 5.41) is 19.2. The van der Waals surface area contributed by atoms with Gasteiger partial charge < -0.3 is 14.8 Å². The Balaban J connectivity index is 2.70. The third-order valence-electron chi connectivity index (χ3n) is 3.64. The van der Waals surface area contributed by atoms with E-state index >= 15 is 0 Å². The van der Waals surface area contributed by atoms with E-state index < -0.39 is 5.97 Å². The van der Waals surface area contributed by atoms with Crippen molar-refractivity contribution >= 4 is 16.9 Å². The molecule has 4 heteroatoms. The molecule has 0 atom stereocenters. The molecule has 0 aliphatic rings. The van der Waals surface area contributed by atoms with Crippen molar-refractivity contribution in [3.63, 3.8) is 0 Å². The van der Waals surface area contributed by atoms with E-state index in [1.807, 2.05) is 13.0 Å². The molecule has 2 aromatic rings. The number of rotatable bonds is 5. The van der Waals surface area contributed by atoms with Crippen LogP contribution in [0.1, 0.15) is 47.8 Å². The number of carboxylic acid groups (broad SMARTS) is 1. The van der Waals surface area contributed by atoms with Crippen molar-refractivity contribution in [1.29, 1.82) is 0 Å². The second-order valence-corrected chi connectivity index (χ2v) is 5.48. The number of nitrogens with zero attached hydrogens (tertiary/aromatic N) is 1. The number of aromatic nitrogens is 1. The maximum Gasteiger partial charge on any atom is 0.335 e. The van der Waals surface area contributed by atoms with Gasteiger partial charge in [0.2, 0.25) is 0 Å². The zero-order valence-electron chi connectivity index (χ0n) is 12.2. The van der Waals surface area contributed by atoms with E-state index in [0.29, 0.717) is 12.0 Å². The number of hydrogen-bond acceptors (Lipinski definition) is 2. The first-order valence-corrected chi connectivity index (χ1v) is 6.93. The zero-order valence-corrected chi connectivity index (χ0v) is 12.2. The normalized spacial score (nSPS) is 11.4. The fraction of sp³-hybridized carbons (Fsp3) is 0.438. The highest BCUT2D eigenvalue weighted by atomic mass is 16.4. The van der Waals surface area contributed by atoms with Gasteiger partial charge in [-0.3, -0.25) is 0 Å². The Morgan fingerprint density at radius 1 is 1.30 bits per heavy atom. The molecule has 0 amide bonds. The van der Waals surface area contributed by atoms with E-state index in [1.165, 1.54) is 0 Å². The summed E-state index contributed by atoms with van der Waals surface area (Å²) in [7, 11) is 0. The Hall–Kier alpha value is -1.81. The van der Waals surface area contributed by atoms with Gasteiger partial charge in [-0.05, 0) is 43.0 Å². The van der Waals surface area contributed by atoms with Gasteiger partial charge in [-0.1, -0.05) is 13.8 Å². The number of carboxylic acids is 1. The lowest BCUT2D eigenvalue weighted by Gasteiger charge is -2.14. The quantitative estimate of drug-likeness (QED) is 0.881. The van der Waals surface area contributed by atoms with Gasteiger partial charge in [0.25, 0.3) is 0 Å². The molecular formula is C16H21NO3. The molecule has 0 aliphatic carbocycles. The molecule has 1 aromatic carbocycles. The number of aliphatic hydroxyl groups is 1. The van der Waals surface area contributed by atoms with Crippen LogP contribution >= 0.6 is 0 Å². The van der Waals surface area contributed by atoms with E-state index in [4.69, 9.17) is 5.11 Å². The first kappa shape index (κ1) is 14.6. The van der Waals surface area contributed by atoms with E-state index in [1.54, 1.807) is 12.1 Å². The van der Waals surface area contributed by atoms with Crippen LogP contribution in [0.3, 0.4) is 0 Å². The topological polar surface area (TPSA) is 62.5 Å². The zero-order chi connectivity index (χ0) is 14.9. The van der Waals surface area contributed by atoms with Crippen LogP contribution in [0, 0.1) is 6.92 Å². The summed E-state index contributed by atoms with van der Waals surface area (Å²) in [4.78, 5) is 11.2. The molecular weight excluding hydrogens is 254 g/mol. The summed E-state index contributed by atoms with van der Waals surface area (Å²) < 4.78 is 2.17. The number of aryl methyl sites for hydroxylation is 2. The van der Waals surface area contributed by atoms with Crippen LogP contribution in [-0.4, -0.2) is 27.4 Å². The Bertz CT molecular complexity index is 641. The first-order valence-electron chi connectivity index (χ1n) is 6.93. The fourth-order valence-corrected chi connectivity index (χ4v) is 2.66. The van der Waals surface area contributed by atoms with Crippen LogP contribution in [0.25, 0.3) is 10.9 Å². The van der Waals surface area contributed by atoms with E-state index in [9.17, 15) is 9.90 Å². The van der Waals surface area contributed by atoms with Crippen molar-refractivity contribution in [3.8, 4) is 0 Å². The summed E-state index contributed by atoms with van der Waals surface area (Å²) in [6.07, 6.45) is 0.697. The summed E-state index contributed by atoms with van der Waals surface area (Å²) in [6, 6.07) is 5.52. The molecule has 0 unspecified atom stereocenters. The van der Waals surface area contributed by atoms with Gasteiger partial charge in [-0.25, -0.2) is 4.79 Å². The molecule has 0 saturated carbocycles. The van der Waals surface area contributed by atoms with Crippen molar-refractivity contribution in [1.82, 2.24) is 4.57 Å². The third-order valence-corrected chi connectivity index (χ3v) is 3.64. The highest BCUT2D eigenvalue weighted by Crippen LogP contribution is 2.30. The van der Waals surface area contributed by atoms with Crippen LogP contribution in [0.15, 0.2) is 18.2 Å². The van der Waals surface area contributed by atoms with Crippen LogP contribution < -0.4 is 0 Å². The second-order valence-electron chi connectivity index (χ2n) is 5.48. The minimum absolute atomic E-state index is 0.156. The average molecular weight is 275 g/mol. The van der Waals surface area contributed by atoms with Gasteiger partial charge in [-0.15, -0.1) is 0 Å². The van der Waals surface area contributed by atoms with Crippen molar-refractivity contribution in [3.05, 3.63) is 35.0 Å². The highest BCUT2D eigenvalue weighted by molar-refractivity contribution is 5.95. The molecule has 0 fully saturated rings. The Morgan fingerprint density at radius 3 is 2.55 bits per heavy atom. The lowest BCUT2D eigenvalue weighted by atomic mass is 9.97. The maximum absolute atomic E-state index is 11.2. The maximum atomic E-state index is 11.2. The number of benzene rings is 1. The number of aliphatic hydroxyl groups excluding tert-OH is 1. The van der Waals surface area contributed by atoms with Crippen LogP contribution in [-0.2, 0) is 6.54 Å². The molecule has 20 heavy (non-hydrogen) atoms. The monoisotopic (exact) mass is 275 g/mol. The predicted octanol–water partition coefficient (Wildman–Crippen LogP) is 3.15. The SMILES string of the molecule is Cc1cc2cc(C(=O)O)cc(C(C)C)c2n1CCCO. The fourth-order valence-electron chi connectivity index (χ4n) is 2.66. The number of aromatic carboxylic acids is 1. The van der Waals surface area contributed by atoms with Crippen LogP contribution in [0.4, 0.5) is 0 Å².